The van der Waals surface area contributed by atoms with Gasteiger partial charge in [-0.2, -0.15) is 0 Å². The first-order valence-electron chi connectivity index (χ1n) is 7.69. The van der Waals surface area contributed by atoms with E-state index in [1.807, 2.05) is 18.2 Å². The van der Waals surface area contributed by atoms with Crippen LogP contribution in [0, 0.1) is 0 Å². The molecule has 2 rings (SSSR count). The molecule has 2 heteroatoms. The summed E-state index contributed by atoms with van der Waals surface area (Å²) < 4.78 is 0. The Labute approximate surface area is 132 Å². The molecule has 22 heavy (non-hydrogen) atoms. The molecule has 0 bridgehead atoms. The number of fused-ring (bicyclic) bond motifs is 1. The molecule has 0 unspecified atom stereocenters. The second-order valence-corrected chi connectivity index (χ2v) is 6.69. The number of benzene rings is 1. The van der Waals surface area contributed by atoms with Gasteiger partial charge >= 0.3 is 5.97 Å². The zero-order valence-electron chi connectivity index (χ0n) is 13.8. The van der Waals surface area contributed by atoms with Gasteiger partial charge in [-0.05, 0) is 59.9 Å². The molecule has 0 atom stereocenters. The molecule has 1 aliphatic carbocycles. The molecular weight excluding hydrogens is 272 g/mol. The van der Waals surface area contributed by atoms with E-state index in [2.05, 4.69) is 39.0 Å². The number of hydrogen-bond donors (Lipinski definition) is 1. The smallest absolute Gasteiger partial charge is 0.328 e. The molecule has 0 saturated carbocycles. The Morgan fingerprint density at radius 1 is 1.27 bits per heavy atom. The first kappa shape index (κ1) is 16.3. The molecule has 0 fully saturated rings. The third-order valence-electron chi connectivity index (χ3n) is 4.37. The van der Waals surface area contributed by atoms with Gasteiger partial charge in [-0.1, -0.05) is 50.3 Å². The quantitative estimate of drug-likeness (QED) is 0.633. The molecule has 0 aliphatic heterocycles. The summed E-state index contributed by atoms with van der Waals surface area (Å²) in [5, 5.41) is 8.68. The zero-order chi connectivity index (χ0) is 16.3. The van der Waals surface area contributed by atoms with Crippen LogP contribution in [0.1, 0.15) is 50.8 Å². The number of aryl methyl sites for hydroxylation is 1. The average molecular weight is 296 g/mol. The number of carboxylic acid groups (broad SMARTS) is 1. The van der Waals surface area contributed by atoms with E-state index in [-0.39, 0.29) is 5.41 Å². The number of carbonyl (C=O) groups is 1. The monoisotopic (exact) mass is 296 g/mol. The van der Waals surface area contributed by atoms with Crippen molar-refractivity contribution < 1.29 is 9.90 Å². The topological polar surface area (TPSA) is 37.3 Å². The van der Waals surface area contributed by atoms with E-state index in [0.717, 1.165) is 5.57 Å². The zero-order valence-corrected chi connectivity index (χ0v) is 13.8. The van der Waals surface area contributed by atoms with Crippen LogP contribution in [0.4, 0.5) is 0 Å². The van der Waals surface area contributed by atoms with E-state index in [4.69, 9.17) is 5.11 Å². The molecule has 1 aromatic carbocycles. The summed E-state index contributed by atoms with van der Waals surface area (Å²) in [5.74, 6) is -0.913. The SMILES string of the molecule is C/C(=C/C=C/C(C)=C/C(=O)O)c1ccc2c(c1)C(C)(C)CC2. The lowest BCUT2D eigenvalue weighted by Crippen LogP contribution is -2.11. The number of aliphatic carboxylic acids is 1. The molecule has 0 spiro atoms. The second kappa shape index (κ2) is 6.35. The minimum absolute atomic E-state index is 0.266. The Morgan fingerprint density at radius 2 is 2.00 bits per heavy atom. The minimum Gasteiger partial charge on any atom is -0.478 e. The molecule has 1 aliphatic rings. The number of allylic oxidation sites excluding steroid dienone is 5. The minimum atomic E-state index is -0.913. The third-order valence-corrected chi connectivity index (χ3v) is 4.37. The van der Waals surface area contributed by atoms with Crippen molar-refractivity contribution in [3.8, 4) is 0 Å². The molecule has 0 radical (unpaired) electrons. The third kappa shape index (κ3) is 3.76. The second-order valence-electron chi connectivity index (χ2n) is 6.69. The van der Waals surface area contributed by atoms with Gasteiger partial charge in [0.15, 0.2) is 0 Å². The Morgan fingerprint density at radius 3 is 2.68 bits per heavy atom. The molecule has 116 valence electrons. The molecule has 1 N–H and O–H groups in total. The molecular formula is C20H24O2. The van der Waals surface area contributed by atoms with Crippen molar-refractivity contribution in [3.63, 3.8) is 0 Å². The van der Waals surface area contributed by atoms with Crippen LogP contribution in [0.15, 0.2) is 48.1 Å². The van der Waals surface area contributed by atoms with Crippen molar-refractivity contribution in [1.82, 2.24) is 0 Å². The van der Waals surface area contributed by atoms with Crippen LogP contribution in [0.25, 0.3) is 5.57 Å². The summed E-state index contributed by atoms with van der Waals surface area (Å²) in [5.41, 5.74) is 6.35. The maximum absolute atomic E-state index is 10.6. The van der Waals surface area contributed by atoms with E-state index >= 15 is 0 Å². The highest BCUT2D eigenvalue weighted by atomic mass is 16.4. The van der Waals surface area contributed by atoms with Crippen LogP contribution in [0.3, 0.4) is 0 Å². The van der Waals surface area contributed by atoms with Gasteiger partial charge < -0.3 is 5.11 Å². The van der Waals surface area contributed by atoms with Gasteiger partial charge in [0.05, 0.1) is 0 Å². The maximum atomic E-state index is 10.6. The molecule has 0 saturated heterocycles. The van der Waals surface area contributed by atoms with Crippen molar-refractivity contribution in [1.29, 1.82) is 0 Å². The van der Waals surface area contributed by atoms with Crippen molar-refractivity contribution in [2.75, 3.05) is 0 Å². The first-order valence-corrected chi connectivity index (χ1v) is 7.69. The summed E-state index contributed by atoms with van der Waals surface area (Å²) in [6.07, 6.45) is 9.34. The molecule has 0 aromatic heterocycles. The van der Waals surface area contributed by atoms with Gasteiger partial charge in [0, 0.05) is 6.08 Å². The highest BCUT2D eigenvalue weighted by Crippen LogP contribution is 2.39. The summed E-state index contributed by atoms with van der Waals surface area (Å²) in [6, 6.07) is 6.73. The molecule has 0 heterocycles. The molecule has 0 amide bonds. The highest BCUT2D eigenvalue weighted by molar-refractivity contribution is 5.81. The predicted molar refractivity (Wildman–Crippen MR) is 92.0 cm³/mol. The number of hydrogen-bond acceptors (Lipinski definition) is 1. The van der Waals surface area contributed by atoms with Crippen molar-refractivity contribution in [2.45, 2.75) is 46.0 Å². The van der Waals surface area contributed by atoms with E-state index in [1.165, 1.54) is 41.2 Å². The first-order chi connectivity index (χ1) is 10.3. The van der Waals surface area contributed by atoms with Crippen molar-refractivity contribution in [3.05, 3.63) is 64.8 Å². The van der Waals surface area contributed by atoms with E-state index in [0.29, 0.717) is 0 Å². The lowest BCUT2D eigenvalue weighted by Gasteiger charge is -2.19. The molecule has 2 nitrogen and oxygen atoms in total. The summed E-state index contributed by atoms with van der Waals surface area (Å²) in [4.78, 5) is 10.6. The Balaban J connectivity index is 2.20. The number of rotatable bonds is 4. The van der Waals surface area contributed by atoms with Crippen LogP contribution in [0.2, 0.25) is 0 Å². The van der Waals surface area contributed by atoms with Crippen LogP contribution in [-0.2, 0) is 16.6 Å². The Bertz CT molecular complexity index is 673. The largest absolute Gasteiger partial charge is 0.478 e. The molecule has 1 aromatic rings. The maximum Gasteiger partial charge on any atom is 0.328 e. The Hall–Kier alpha value is -2.09. The standard InChI is InChI=1S/C20H24O2/c1-14(12-19(21)22)6-5-7-15(2)17-9-8-16-10-11-20(3,4)18(16)13-17/h5-9,12-13H,10-11H2,1-4H3,(H,21,22)/b6-5+,14-12+,15-7-. The van der Waals surface area contributed by atoms with Crippen LogP contribution in [0.5, 0.6) is 0 Å². The Kier molecular flexibility index (Phi) is 4.70. The van der Waals surface area contributed by atoms with Gasteiger partial charge in [-0.25, -0.2) is 4.79 Å². The fourth-order valence-electron chi connectivity index (χ4n) is 2.93. The van der Waals surface area contributed by atoms with Crippen LogP contribution >= 0.6 is 0 Å². The van der Waals surface area contributed by atoms with Crippen molar-refractivity contribution in [2.24, 2.45) is 0 Å². The van der Waals surface area contributed by atoms with E-state index in [9.17, 15) is 4.79 Å². The highest BCUT2D eigenvalue weighted by Gasteiger charge is 2.29. The predicted octanol–water partition coefficient (Wildman–Crippen LogP) is 4.90. The summed E-state index contributed by atoms with van der Waals surface area (Å²) >= 11 is 0. The van der Waals surface area contributed by atoms with Crippen LogP contribution < -0.4 is 0 Å². The van der Waals surface area contributed by atoms with Gasteiger partial charge in [0.25, 0.3) is 0 Å². The lowest BCUT2D eigenvalue weighted by molar-refractivity contribution is -0.131. The van der Waals surface area contributed by atoms with Gasteiger partial charge in [-0.3, -0.25) is 0 Å². The van der Waals surface area contributed by atoms with Gasteiger partial charge in [0.1, 0.15) is 0 Å². The van der Waals surface area contributed by atoms with Crippen molar-refractivity contribution >= 4 is 11.5 Å². The summed E-state index contributed by atoms with van der Waals surface area (Å²) in [7, 11) is 0. The lowest BCUT2D eigenvalue weighted by atomic mass is 9.85. The number of carboxylic acids is 1. The fourth-order valence-corrected chi connectivity index (χ4v) is 2.93. The summed E-state index contributed by atoms with van der Waals surface area (Å²) in [6.45, 7) is 8.49. The van der Waals surface area contributed by atoms with Gasteiger partial charge in [0.2, 0.25) is 0 Å². The van der Waals surface area contributed by atoms with E-state index in [1.54, 1.807) is 6.92 Å². The van der Waals surface area contributed by atoms with Crippen LogP contribution in [-0.4, -0.2) is 11.1 Å². The average Bonchev–Trinajstić information content (AvgIpc) is 2.73. The van der Waals surface area contributed by atoms with Gasteiger partial charge in [-0.15, -0.1) is 0 Å². The fraction of sp³-hybridized carbons (Fsp3) is 0.350. The van der Waals surface area contributed by atoms with E-state index < -0.39 is 5.97 Å². The normalized spacial score (nSPS) is 17.8.